The van der Waals surface area contributed by atoms with Gasteiger partial charge in [-0.15, -0.1) is 23.1 Å². The summed E-state index contributed by atoms with van der Waals surface area (Å²) in [6.45, 7) is 5.87. The van der Waals surface area contributed by atoms with Crippen molar-refractivity contribution in [2.75, 3.05) is 5.75 Å². The van der Waals surface area contributed by atoms with Crippen LogP contribution in [-0.4, -0.2) is 10.7 Å². The summed E-state index contributed by atoms with van der Waals surface area (Å²) in [4.78, 5) is 5.83. The molecule has 0 N–H and O–H groups in total. The molecule has 1 nitrogen and oxygen atoms in total. The van der Waals surface area contributed by atoms with Crippen molar-refractivity contribution in [2.24, 2.45) is 0 Å². The Balaban J connectivity index is 2.38. The van der Waals surface area contributed by atoms with Crippen molar-refractivity contribution in [2.45, 2.75) is 16.2 Å². The molecular formula is C11H11NS3. The van der Waals surface area contributed by atoms with Gasteiger partial charge in [0.15, 0.2) is 4.34 Å². The minimum absolute atomic E-state index is 1.07. The van der Waals surface area contributed by atoms with Crippen molar-refractivity contribution in [1.29, 1.82) is 0 Å². The molecule has 1 heterocycles. The van der Waals surface area contributed by atoms with Crippen LogP contribution in [0.3, 0.4) is 0 Å². The first-order valence-electron chi connectivity index (χ1n) is 4.64. The molecule has 0 saturated heterocycles. The molecule has 0 aliphatic heterocycles. The Hall–Kier alpha value is -0.450. The van der Waals surface area contributed by atoms with E-state index in [0.29, 0.717) is 0 Å². The fraction of sp³-hybridized carbons (Fsp3) is 0.182. The van der Waals surface area contributed by atoms with Crippen molar-refractivity contribution in [3.63, 3.8) is 0 Å². The molecule has 1 aromatic carbocycles. The number of thiazole rings is 1. The zero-order valence-corrected chi connectivity index (χ0v) is 10.8. The van der Waals surface area contributed by atoms with Gasteiger partial charge in [-0.1, -0.05) is 25.3 Å². The van der Waals surface area contributed by atoms with Gasteiger partial charge in [-0.25, -0.2) is 4.98 Å². The van der Waals surface area contributed by atoms with Gasteiger partial charge in [0, 0.05) is 4.90 Å². The lowest BCUT2D eigenvalue weighted by atomic mass is 10.3. The highest BCUT2D eigenvalue weighted by Gasteiger charge is 2.03. The van der Waals surface area contributed by atoms with Crippen LogP contribution in [0, 0.1) is 0 Å². The maximum atomic E-state index is 4.50. The number of fused-ring (bicyclic) bond motifs is 1. The van der Waals surface area contributed by atoms with Gasteiger partial charge in [-0.05, 0) is 29.4 Å². The molecule has 0 aliphatic rings. The van der Waals surface area contributed by atoms with Crippen LogP contribution in [0.4, 0.5) is 0 Å². The number of benzene rings is 1. The van der Waals surface area contributed by atoms with E-state index in [1.54, 1.807) is 23.1 Å². The van der Waals surface area contributed by atoms with Crippen LogP contribution < -0.4 is 0 Å². The number of hydrogen-bond donors (Lipinski definition) is 0. The molecule has 0 fully saturated rings. The molecule has 1 aromatic heterocycles. The van der Waals surface area contributed by atoms with E-state index in [9.17, 15) is 0 Å². The molecule has 15 heavy (non-hydrogen) atoms. The van der Waals surface area contributed by atoms with E-state index in [2.05, 4.69) is 36.7 Å². The van der Waals surface area contributed by atoms with Crippen LogP contribution in [-0.2, 0) is 0 Å². The Kier molecular flexibility index (Phi) is 3.72. The Labute approximate surface area is 102 Å². The number of rotatable bonds is 4. The van der Waals surface area contributed by atoms with Crippen LogP contribution in [0.5, 0.6) is 0 Å². The third-order valence-electron chi connectivity index (χ3n) is 1.84. The van der Waals surface area contributed by atoms with Gasteiger partial charge in [0.25, 0.3) is 0 Å². The normalized spacial score (nSPS) is 10.7. The summed E-state index contributed by atoms with van der Waals surface area (Å²) >= 11 is 5.18. The monoisotopic (exact) mass is 253 g/mol. The third-order valence-corrected chi connectivity index (χ3v) is 4.52. The molecule has 0 saturated carbocycles. The second kappa shape index (κ2) is 5.05. The second-order valence-corrected chi connectivity index (χ2v) is 6.41. The molecular weight excluding hydrogens is 242 g/mol. The van der Waals surface area contributed by atoms with Crippen LogP contribution in [0.2, 0.25) is 0 Å². The minimum atomic E-state index is 1.07. The molecule has 2 rings (SSSR count). The van der Waals surface area contributed by atoms with Gasteiger partial charge < -0.3 is 0 Å². The highest BCUT2D eigenvalue weighted by atomic mass is 32.2. The average Bonchev–Trinajstić information content (AvgIpc) is 2.60. The van der Waals surface area contributed by atoms with Gasteiger partial charge >= 0.3 is 0 Å². The first kappa shape index (κ1) is 11.0. The predicted molar refractivity (Wildman–Crippen MR) is 72.1 cm³/mol. The van der Waals surface area contributed by atoms with Crippen molar-refractivity contribution >= 4 is 45.1 Å². The number of aromatic nitrogens is 1. The topological polar surface area (TPSA) is 12.9 Å². The maximum absolute atomic E-state index is 4.50. The van der Waals surface area contributed by atoms with E-state index >= 15 is 0 Å². The summed E-state index contributed by atoms with van der Waals surface area (Å²) in [5.41, 5.74) is 1.09. The van der Waals surface area contributed by atoms with Gasteiger partial charge in [0.05, 0.1) is 10.2 Å². The molecule has 4 heteroatoms. The van der Waals surface area contributed by atoms with Crippen molar-refractivity contribution in [3.8, 4) is 0 Å². The lowest BCUT2D eigenvalue weighted by molar-refractivity contribution is 1.30. The SMILES string of the molecule is C=CSc1nc2ccc(SCC)cc2s1. The van der Waals surface area contributed by atoms with Crippen LogP contribution in [0.15, 0.2) is 39.4 Å². The second-order valence-electron chi connectivity index (χ2n) is 2.83. The molecule has 0 aliphatic carbocycles. The zero-order chi connectivity index (χ0) is 10.7. The van der Waals surface area contributed by atoms with E-state index in [0.717, 1.165) is 15.6 Å². The number of nitrogens with zero attached hydrogens (tertiary/aromatic N) is 1. The number of hydrogen-bond acceptors (Lipinski definition) is 4. The van der Waals surface area contributed by atoms with Gasteiger partial charge in [0.2, 0.25) is 0 Å². The van der Waals surface area contributed by atoms with E-state index in [4.69, 9.17) is 0 Å². The fourth-order valence-corrected chi connectivity index (χ4v) is 3.73. The van der Waals surface area contributed by atoms with Crippen LogP contribution >= 0.6 is 34.9 Å². The quantitative estimate of drug-likeness (QED) is 0.736. The van der Waals surface area contributed by atoms with Crippen LogP contribution in [0.1, 0.15) is 6.92 Å². The summed E-state index contributed by atoms with van der Waals surface area (Å²) in [7, 11) is 0. The molecule has 2 aromatic rings. The largest absolute Gasteiger partial charge is 0.229 e. The molecule has 78 valence electrons. The zero-order valence-electron chi connectivity index (χ0n) is 8.40. The summed E-state index contributed by atoms with van der Waals surface area (Å²) in [6.07, 6.45) is 0. The molecule has 0 radical (unpaired) electrons. The lowest BCUT2D eigenvalue weighted by Crippen LogP contribution is -1.72. The Morgan fingerprint density at radius 3 is 3.13 bits per heavy atom. The number of thioether (sulfide) groups is 2. The summed E-state index contributed by atoms with van der Waals surface area (Å²) in [5, 5.41) is 1.82. The molecule has 0 bridgehead atoms. The Morgan fingerprint density at radius 1 is 1.53 bits per heavy atom. The van der Waals surface area contributed by atoms with Crippen molar-refractivity contribution in [3.05, 3.63) is 30.2 Å². The maximum Gasteiger partial charge on any atom is 0.155 e. The molecule has 0 spiro atoms. The smallest absolute Gasteiger partial charge is 0.155 e. The van der Waals surface area contributed by atoms with Crippen molar-refractivity contribution in [1.82, 2.24) is 4.98 Å². The summed E-state index contributed by atoms with van der Waals surface area (Å²) in [5.74, 6) is 1.11. The Bertz CT molecular complexity index is 476. The van der Waals surface area contributed by atoms with E-state index in [1.165, 1.54) is 9.60 Å². The first-order chi connectivity index (χ1) is 7.33. The van der Waals surface area contributed by atoms with Gasteiger partial charge in [-0.3, -0.25) is 0 Å². The average molecular weight is 253 g/mol. The molecule has 0 amide bonds. The predicted octanol–water partition coefficient (Wildman–Crippen LogP) is 4.64. The highest BCUT2D eigenvalue weighted by Crippen LogP contribution is 2.32. The third kappa shape index (κ3) is 2.56. The van der Waals surface area contributed by atoms with Crippen LogP contribution in [0.25, 0.3) is 10.2 Å². The first-order valence-corrected chi connectivity index (χ1v) is 7.32. The summed E-state index contributed by atoms with van der Waals surface area (Å²) in [6, 6.07) is 6.45. The summed E-state index contributed by atoms with van der Waals surface area (Å²) < 4.78 is 2.33. The molecule has 0 atom stereocenters. The highest BCUT2D eigenvalue weighted by molar-refractivity contribution is 8.03. The van der Waals surface area contributed by atoms with E-state index < -0.39 is 0 Å². The molecule has 0 unspecified atom stereocenters. The lowest BCUT2D eigenvalue weighted by Gasteiger charge is -1.96. The van der Waals surface area contributed by atoms with Gasteiger partial charge in [-0.2, -0.15) is 0 Å². The van der Waals surface area contributed by atoms with Gasteiger partial charge in [0.1, 0.15) is 0 Å². The standard InChI is InChI=1S/C11H11NS3/c1-3-13-8-5-6-9-10(7-8)15-11(12-9)14-4-2/h4-7H,2-3H2,1H3. The van der Waals surface area contributed by atoms with E-state index in [-0.39, 0.29) is 0 Å². The minimum Gasteiger partial charge on any atom is -0.229 e. The van der Waals surface area contributed by atoms with E-state index in [1.807, 2.05) is 17.2 Å². The van der Waals surface area contributed by atoms with Crippen molar-refractivity contribution < 1.29 is 0 Å². The fourth-order valence-electron chi connectivity index (χ4n) is 1.26. The Morgan fingerprint density at radius 2 is 2.40 bits per heavy atom.